The molecule has 0 aliphatic carbocycles. The van der Waals surface area contributed by atoms with Gasteiger partial charge >= 0.3 is 5.97 Å². The summed E-state index contributed by atoms with van der Waals surface area (Å²) in [4.78, 5) is 37.9. The highest BCUT2D eigenvalue weighted by molar-refractivity contribution is 5.81. The number of hydrogen-bond donors (Lipinski definition) is 6. The molecule has 2 amide bonds. The van der Waals surface area contributed by atoms with Crippen molar-refractivity contribution < 1.29 is 34.1 Å². The first-order valence-corrected chi connectivity index (χ1v) is 16.3. The number of allylic oxidation sites excluding steroid dienone is 2. The Morgan fingerprint density at radius 1 is 0.867 bits per heavy atom. The highest BCUT2D eigenvalue weighted by Gasteiger charge is 2.14. The number of nitrogens with two attached hydrogens (primary N) is 1. The molecule has 0 heterocycles. The lowest BCUT2D eigenvalue weighted by Gasteiger charge is -2.15. The second kappa shape index (κ2) is 43.5. The maximum Gasteiger partial charge on any atom is 0.303 e. The number of nitrogens with zero attached hydrogens (tertiary/aromatic N) is 1. The van der Waals surface area contributed by atoms with Crippen LogP contribution in [0.1, 0.15) is 98.3 Å². The topological polar surface area (TPSA) is 185 Å². The number of ether oxygens (including phenoxy) is 2. The lowest BCUT2D eigenvalue weighted by atomic mass is 10.1. The third kappa shape index (κ3) is 45.9. The summed E-state index contributed by atoms with van der Waals surface area (Å²) in [5, 5.41) is 24.2. The summed E-state index contributed by atoms with van der Waals surface area (Å²) in [6.07, 6.45) is 15.2. The molecule has 0 aromatic carbocycles. The molecule has 0 saturated carbocycles. The molecule has 0 bridgehead atoms. The third-order valence-electron chi connectivity index (χ3n) is 5.75. The summed E-state index contributed by atoms with van der Waals surface area (Å²) in [6.45, 7) is 14.2. The monoisotopic (exact) mass is 646 g/mol. The molecular weight excluding hydrogens is 578 g/mol. The standard InChI is InChI=1S/C23H46N4O6.C7H11N.C2H6.CH4O/c1-25-20(11-10-13-24)23(31)27-15-16-32-17-18-33-19-21(28)26-14-9-7-5-3-2-4-6-8-12-22(29)30;1-4-8-6-5-7(2)3;2*1-2/h20,25H,2-19,24H2,1H3,(H,26,28)(H,27,31)(H,29,30);4-6H,1H2,2-3H3;1-2H3;2H,1H3. The Morgan fingerprint density at radius 2 is 1.44 bits per heavy atom. The number of aliphatic carboxylic acids is 1. The van der Waals surface area contributed by atoms with E-state index < -0.39 is 5.97 Å². The van der Waals surface area contributed by atoms with Crippen LogP contribution in [0.25, 0.3) is 0 Å². The van der Waals surface area contributed by atoms with Crippen LogP contribution in [0.3, 0.4) is 0 Å². The van der Waals surface area contributed by atoms with Crippen LogP contribution in [-0.2, 0) is 23.9 Å². The van der Waals surface area contributed by atoms with Gasteiger partial charge in [0.2, 0.25) is 11.8 Å². The van der Waals surface area contributed by atoms with Crippen LogP contribution in [0.5, 0.6) is 0 Å². The van der Waals surface area contributed by atoms with Crippen molar-refractivity contribution in [1.82, 2.24) is 16.0 Å². The molecule has 45 heavy (non-hydrogen) atoms. The van der Waals surface area contributed by atoms with E-state index in [1.54, 1.807) is 13.3 Å². The van der Waals surface area contributed by atoms with Crippen molar-refractivity contribution in [2.75, 3.05) is 60.2 Å². The van der Waals surface area contributed by atoms with Gasteiger partial charge in [0, 0.05) is 39.0 Å². The Balaban J connectivity index is -0.000000595. The summed E-state index contributed by atoms with van der Waals surface area (Å²) >= 11 is 0. The molecule has 0 fully saturated rings. The molecule has 0 aliphatic rings. The molecule has 266 valence electrons. The van der Waals surface area contributed by atoms with Crippen LogP contribution < -0.4 is 21.7 Å². The zero-order chi connectivity index (χ0) is 35.0. The van der Waals surface area contributed by atoms with E-state index in [-0.39, 0.29) is 30.9 Å². The molecule has 12 nitrogen and oxygen atoms in total. The quantitative estimate of drug-likeness (QED) is 0.0598. The fourth-order valence-corrected chi connectivity index (χ4v) is 3.48. The highest BCUT2D eigenvalue weighted by Crippen LogP contribution is 2.09. The first-order chi connectivity index (χ1) is 21.8. The zero-order valence-electron chi connectivity index (χ0n) is 29.2. The number of aliphatic hydroxyl groups is 1. The zero-order valence-corrected chi connectivity index (χ0v) is 29.2. The van der Waals surface area contributed by atoms with Gasteiger partial charge in [-0.2, -0.15) is 0 Å². The SMILES string of the molecule is C=CN=CC=C(C)C.CC.CNC(CCCN)C(=O)NCCOCCOCC(=O)NCCCCCCCCCCC(=O)O.CO. The van der Waals surface area contributed by atoms with Crippen LogP contribution in [0.2, 0.25) is 0 Å². The smallest absolute Gasteiger partial charge is 0.303 e. The van der Waals surface area contributed by atoms with Crippen molar-refractivity contribution in [2.24, 2.45) is 10.7 Å². The Kier molecular flexibility index (Phi) is 47.6. The molecule has 0 rings (SSSR count). The maximum absolute atomic E-state index is 12.0. The van der Waals surface area contributed by atoms with Gasteiger partial charge in [0.15, 0.2) is 0 Å². The van der Waals surface area contributed by atoms with E-state index >= 15 is 0 Å². The first-order valence-electron chi connectivity index (χ1n) is 16.3. The molecule has 0 aliphatic heterocycles. The van der Waals surface area contributed by atoms with E-state index in [4.69, 9.17) is 25.4 Å². The maximum atomic E-state index is 12.0. The number of carboxylic acid groups (broad SMARTS) is 1. The number of aliphatic imine (C=N–C) groups is 1. The molecule has 7 N–H and O–H groups in total. The van der Waals surface area contributed by atoms with Crippen LogP contribution >= 0.6 is 0 Å². The number of nitrogens with one attached hydrogen (secondary N) is 3. The van der Waals surface area contributed by atoms with Gasteiger partial charge in [-0.25, -0.2) is 0 Å². The molecule has 0 aromatic heterocycles. The van der Waals surface area contributed by atoms with Gasteiger partial charge < -0.3 is 41.4 Å². The van der Waals surface area contributed by atoms with Gasteiger partial charge in [0.25, 0.3) is 0 Å². The summed E-state index contributed by atoms with van der Waals surface area (Å²) in [7, 11) is 2.75. The molecular formula is C33H67N5O7. The number of likely N-dealkylation sites (N-methyl/N-ethyl adjacent to an activating group) is 1. The normalized spacial score (nSPS) is 10.6. The van der Waals surface area contributed by atoms with Gasteiger partial charge in [-0.05, 0) is 59.2 Å². The molecule has 1 unspecified atom stereocenters. The van der Waals surface area contributed by atoms with E-state index in [2.05, 4.69) is 27.5 Å². The number of carbonyl (C=O) groups excluding carboxylic acids is 2. The fourth-order valence-electron chi connectivity index (χ4n) is 3.48. The van der Waals surface area contributed by atoms with E-state index in [1.807, 2.05) is 33.8 Å². The molecule has 0 aromatic rings. The average Bonchev–Trinajstić information content (AvgIpc) is 3.03. The van der Waals surface area contributed by atoms with E-state index in [0.29, 0.717) is 45.9 Å². The third-order valence-corrected chi connectivity index (χ3v) is 5.75. The summed E-state index contributed by atoms with van der Waals surface area (Å²) in [6, 6.07) is -0.239. The van der Waals surface area contributed by atoms with Crippen LogP contribution in [-0.4, -0.2) is 100 Å². The number of amides is 2. The number of unbranched alkanes of at least 4 members (excludes halogenated alkanes) is 7. The van der Waals surface area contributed by atoms with Crippen molar-refractivity contribution in [3.8, 4) is 0 Å². The van der Waals surface area contributed by atoms with E-state index in [9.17, 15) is 14.4 Å². The Bertz CT molecular complexity index is 730. The van der Waals surface area contributed by atoms with Gasteiger partial charge in [0.05, 0.1) is 25.9 Å². The van der Waals surface area contributed by atoms with Crippen LogP contribution in [0.15, 0.2) is 29.4 Å². The van der Waals surface area contributed by atoms with Gasteiger partial charge in [-0.1, -0.05) is 64.5 Å². The molecule has 0 saturated heterocycles. The lowest BCUT2D eigenvalue weighted by molar-refractivity contribution is -0.137. The highest BCUT2D eigenvalue weighted by atomic mass is 16.5. The van der Waals surface area contributed by atoms with Gasteiger partial charge in [-0.3, -0.25) is 19.4 Å². The average molecular weight is 646 g/mol. The lowest BCUT2D eigenvalue weighted by Crippen LogP contribution is -2.43. The second-order valence-corrected chi connectivity index (χ2v) is 9.78. The minimum Gasteiger partial charge on any atom is -0.481 e. The predicted octanol–water partition coefficient (Wildman–Crippen LogP) is 3.98. The summed E-state index contributed by atoms with van der Waals surface area (Å²) < 4.78 is 10.7. The Morgan fingerprint density at radius 3 is 1.98 bits per heavy atom. The molecule has 0 spiro atoms. The minimum atomic E-state index is -0.717. The second-order valence-electron chi connectivity index (χ2n) is 9.78. The van der Waals surface area contributed by atoms with E-state index in [1.165, 1.54) is 11.8 Å². The molecule has 12 heteroatoms. The van der Waals surface area contributed by atoms with Crippen LogP contribution in [0.4, 0.5) is 0 Å². The van der Waals surface area contributed by atoms with Gasteiger partial charge in [-0.15, -0.1) is 0 Å². The fraction of sp³-hybridized carbons (Fsp3) is 0.758. The van der Waals surface area contributed by atoms with Crippen molar-refractivity contribution in [2.45, 2.75) is 104 Å². The van der Waals surface area contributed by atoms with Crippen molar-refractivity contribution in [3.05, 3.63) is 24.4 Å². The van der Waals surface area contributed by atoms with Crippen molar-refractivity contribution in [3.63, 3.8) is 0 Å². The molecule has 0 radical (unpaired) electrons. The number of carboxylic acids is 1. The van der Waals surface area contributed by atoms with Crippen LogP contribution in [0, 0.1) is 0 Å². The number of hydrogen-bond acceptors (Lipinski definition) is 9. The Hall–Kier alpha value is -2.64. The summed E-state index contributed by atoms with van der Waals surface area (Å²) in [5.74, 6) is -0.905. The Labute approximate surface area is 273 Å². The van der Waals surface area contributed by atoms with E-state index in [0.717, 1.165) is 64.9 Å². The molecule has 1 atom stereocenters. The number of carbonyl (C=O) groups is 3. The first kappa shape index (κ1) is 49.2. The van der Waals surface area contributed by atoms with Crippen molar-refractivity contribution in [1.29, 1.82) is 0 Å². The predicted molar refractivity (Wildman–Crippen MR) is 186 cm³/mol. The minimum absolute atomic E-state index is 0.0153. The largest absolute Gasteiger partial charge is 0.481 e. The summed E-state index contributed by atoms with van der Waals surface area (Å²) in [5.41, 5.74) is 6.72. The van der Waals surface area contributed by atoms with Crippen molar-refractivity contribution >= 4 is 24.0 Å². The van der Waals surface area contributed by atoms with Gasteiger partial charge in [0.1, 0.15) is 6.61 Å². The number of aliphatic hydroxyl groups excluding tert-OH is 1. The number of rotatable bonds is 26.